The summed E-state index contributed by atoms with van der Waals surface area (Å²) < 4.78 is 4.31. The van der Waals surface area contributed by atoms with E-state index in [2.05, 4.69) is 48.9 Å². The molecular weight excluding hydrogens is 369 g/mol. The Bertz CT molecular complexity index is 312. The van der Waals surface area contributed by atoms with Gasteiger partial charge in [-0.15, -0.1) is 0 Å². The molecule has 0 amide bonds. The van der Waals surface area contributed by atoms with Crippen LogP contribution in [0.2, 0.25) is 0 Å². The van der Waals surface area contributed by atoms with E-state index >= 15 is 0 Å². The number of halogens is 2. The molecule has 1 rings (SSSR count). The second-order valence-electron chi connectivity index (χ2n) is 3.54. The first-order valence-corrected chi connectivity index (χ1v) is 7.43. The van der Waals surface area contributed by atoms with Crippen molar-refractivity contribution in [3.8, 4) is 0 Å². The lowest BCUT2D eigenvalue weighted by Crippen LogP contribution is -2.17. The highest BCUT2D eigenvalue weighted by Gasteiger charge is 2.09. The highest BCUT2D eigenvalue weighted by atomic mass is 127. The van der Waals surface area contributed by atoms with Crippen LogP contribution < -0.4 is 5.32 Å². The van der Waals surface area contributed by atoms with E-state index in [0.29, 0.717) is 0 Å². The molecule has 86 valence electrons. The second-order valence-corrected chi connectivity index (χ2v) is 5.41. The van der Waals surface area contributed by atoms with Gasteiger partial charge in [-0.05, 0) is 46.7 Å². The van der Waals surface area contributed by atoms with Gasteiger partial charge in [0.2, 0.25) is 0 Å². The standard InChI is InChI=1S/C10H17BrIN3/c1-8-10(11)9(15(2)14-8)7-13-6-4-3-5-12/h13H,3-7H2,1-2H3. The zero-order valence-electron chi connectivity index (χ0n) is 9.19. The molecule has 1 aromatic heterocycles. The first-order valence-electron chi connectivity index (χ1n) is 5.11. The fourth-order valence-corrected chi connectivity index (χ4v) is 2.44. The van der Waals surface area contributed by atoms with Crippen molar-refractivity contribution in [1.82, 2.24) is 15.1 Å². The summed E-state index contributed by atoms with van der Waals surface area (Å²) in [6, 6.07) is 0. The molecule has 0 aromatic carbocycles. The molecule has 15 heavy (non-hydrogen) atoms. The fourth-order valence-electron chi connectivity index (χ4n) is 1.42. The van der Waals surface area contributed by atoms with Gasteiger partial charge in [-0.3, -0.25) is 4.68 Å². The van der Waals surface area contributed by atoms with Gasteiger partial charge in [-0.2, -0.15) is 5.10 Å². The van der Waals surface area contributed by atoms with E-state index in [1.165, 1.54) is 23.0 Å². The van der Waals surface area contributed by atoms with Gasteiger partial charge >= 0.3 is 0 Å². The zero-order chi connectivity index (χ0) is 11.3. The number of rotatable bonds is 6. The van der Waals surface area contributed by atoms with Crippen molar-refractivity contribution in [2.45, 2.75) is 26.3 Å². The molecule has 0 saturated heterocycles. The van der Waals surface area contributed by atoms with E-state index in [-0.39, 0.29) is 0 Å². The molecule has 0 spiro atoms. The van der Waals surface area contributed by atoms with Gasteiger partial charge in [0, 0.05) is 13.6 Å². The van der Waals surface area contributed by atoms with Gasteiger partial charge in [0.05, 0.1) is 15.9 Å². The third-order valence-corrected chi connectivity index (χ3v) is 4.09. The summed E-state index contributed by atoms with van der Waals surface area (Å²) in [5.41, 5.74) is 2.28. The minimum absolute atomic E-state index is 0.888. The number of nitrogens with zero attached hydrogens (tertiary/aromatic N) is 2. The number of aromatic nitrogens is 2. The van der Waals surface area contributed by atoms with Gasteiger partial charge in [-0.1, -0.05) is 22.6 Å². The number of alkyl halides is 1. The summed E-state index contributed by atoms with van der Waals surface area (Å²) in [7, 11) is 1.99. The van der Waals surface area contributed by atoms with E-state index in [0.717, 1.165) is 23.3 Å². The molecule has 1 heterocycles. The third kappa shape index (κ3) is 4.03. The molecule has 0 bridgehead atoms. The highest BCUT2D eigenvalue weighted by molar-refractivity contribution is 14.1. The highest BCUT2D eigenvalue weighted by Crippen LogP contribution is 2.19. The van der Waals surface area contributed by atoms with Crippen LogP contribution in [0.1, 0.15) is 24.2 Å². The van der Waals surface area contributed by atoms with E-state index in [4.69, 9.17) is 0 Å². The molecule has 0 aliphatic rings. The van der Waals surface area contributed by atoms with Crippen molar-refractivity contribution in [3.05, 3.63) is 15.9 Å². The monoisotopic (exact) mass is 385 g/mol. The van der Waals surface area contributed by atoms with Gasteiger partial charge in [0.25, 0.3) is 0 Å². The van der Waals surface area contributed by atoms with Gasteiger partial charge in [-0.25, -0.2) is 0 Å². The molecule has 0 fully saturated rings. The lowest BCUT2D eigenvalue weighted by molar-refractivity contribution is 0.603. The fraction of sp³-hybridized carbons (Fsp3) is 0.700. The Morgan fingerprint density at radius 2 is 2.20 bits per heavy atom. The van der Waals surface area contributed by atoms with Crippen molar-refractivity contribution < 1.29 is 0 Å². The summed E-state index contributed by atoms with van der Waals surface area (Å²) in [5, 5.41) is 7.79. The predicted molar refractivity (Wildman–Crippen MR) is 75.5 cm³/mol. The third-order valence-electron chi connectivity index (χ3n) is 2.29. The molecule has 0 unspecified atom stereocenters. The number of hydrogen-bond donors (Lipinski definition) is 1. The van der Waals surface area contributed by atoms with Gasteiger partial charge < -0.3 is 5.32 Å². The summed E-state index contributed by atoms with van der Waals surface area (Å²) in [4.78, 5) is 0. The van der Waals surface area contributed by atoms with Crippen LogP contribution in [0, 0.1) is 6.92 Å². The largest absolute Gasteiger partial charge is 0.311 e. The molecule has 1 aromatic rings. The van der Waals surface area contributed by atoms with Crippen molar-refractivity contribution in [3.63, 3.8) is 0 Å². The summed E-state index contributed by atoms with van der Waals surface area (Å²) in [6.07, 6.45) is 2.54. The first kappa shape index (κ1) is 13.4. The smallest absolute Gasteiger partial charge is 0.0739 e. The number of aryl methyl sites for hydroxylation is 2. The van der Waals surface area contributed by atoms with Gasteiger partial charge in [0.15, 0.2) is 0 Å². The average Bonchev–Trinajstić information content (AvgIpc) is 2.44. The van der Waals surface area contributed by atoms with E-state index in [1.807, 2.05) is 18.7 Å². The van der Waals surface area contributed by atoms with E-state index in [9.17, 15) is 0 Å². The summed E-state index contributed by atoms with van der Waals surface area (Å²) in [5.74, 6) is 0. The van der Waals surface area contributed by atoms with Crippen LogP contribution in [0.4, 0.5) is 0 Å². The molecule has 5 heteroatoms. The molecule has 0 saturated carbocycles. The number of unbranched alkanes of at least 4 members (excludes halogenated alkanes) is 1. The lowest BCUT2D eigenvalue weighted by Gasteiger charge is -2.05. The Morgan fingerprint density at radius 1 is 1.47 bits per heavy atom. The Balaban J connectivity index is 2.37. The van der Waals surface area contributed by atoms with Crippen molar-refractivity contribution >= 4 is 38.5 Å². The number of hydrogen-bond acceptors (Lipinski definition) is 2. The molecule has 0 aliphatic carbocycles. The molecule has 1 N–H and O–H groups in total. The van der Waals surface area contributed by atoms with Crippen LogP contribution in [0.3, 0.4) is 0 Å². The van der Waals surface area contributed by atoms with Crippen LogP contribution in [0.15, 0.2) is 4.47 Å². The quantitative estimate of drug-likeness (QED) is 0.463. The Kier molecular flexibility index (Phi) is 6.14. The zero-order valence-corrected chi connectivity index (χ0v) is 12.9. The molecule has 0 atom stereocenters. The van der Waals surface area contributed by atoms with Crippen molar-refractivity contribution in [2.75, 3.05) is 11.0 Å². The minimum Gasteiger partial charge on any atom is -0.311 e. The molecule has 3 nitrogen and oxygen atoms in total. The second kappa shape index (κ2) is 6.85. The van der Waals surface area contributed by atoms with Crippen LogP contribution >= 0.6 is 38.5 Å². The maximum absolute atomic E-state index is 4.35. The van der Waals surface area contributed by atoms with Crippen LogP contribution in [0.5, 0.6) is 0 Å². The molecule has 0 radical (unpaired) electrons. The SMILES string of the molecule is Cc1nn(C)c(CNCCCCI)c1Br. The Labute approximate surface area is 113 Å². The number of nitrogens with one attached hydrogen (secondary N) is 1. The average molecular weight is 386 g/mol. The van der Waals surface area contributed by atoms with E-state index < -0.39 is 0 Å². The topological polar surface area (TPSA) is 29.9 Å². The summed E-state index contributed by atoms with van der Waals surface area (Å²) >= 11 is 5.97. The normalized spacial score (nSPS) is 10.9. The van der Waals surface area contributed by atoms with Crippen LogP contribution in [-0.2, 0) is 13.6 Å². The van der Waals surface area contributed by atoms with Crippen LogP contribution in [-0.4, -0.2) is 20.8 Å². The Hall–Kier alpha value is 0.380. The van der Waals surface area contributed by atoms with Crippen LogP contribution in [0.25, 0.3) is 0 Å². The minimum atomic E-state index is 0.888. The maximum atomic E-state index is 4.35. The summed E-state index contributed by atoms with van der Waals surface area (Å²) in [6.45, 7) is 3.99. The lowest BCUT2D eigenvalue weighted by atomic mass is 10.3. The predicted octanol–water partition coefficient (Wildman–Crippen LogP) is 2.80. The molecule has 0 aliphatic heterocycles. The van der Waals surface area contributed by atoms with Crippen molar-refractivity contribution in [2.24, 2.45) is 7.05 Å². The van der Waals surface area contributed by atoms with E-state index in [1.54, 1.807) is 0 Å². The first-order chi connectivity index (χ1) is 7.16. The van der Waals surface area contributed by atoms with Crippen molar-refractivity contribution in [1.29, 1.82) is 0 Å². The van der Waals surface area contributed by atoms with Gasteiger partial charge in [0.1, 0.15) is 0 Å². The Morgan fingerprint density at radius 3 is 2.73 bits per heavy atom. The maximum Gasteiger partial charge on any atom is 0.0739 e. The molecular formula is C10H17BrIN3.